The molecule has 7 nitrogen and oxygen atoms in total. The van der Waals surface area contributed by atoms with Gasteiger partial charge in [0, 0.05) is 24.2 Å². The molecule has 7 heteroatoms. The Morgan fingerprint density at radius 3 is 2.44 bits per heavy atom. The van der Waals surface area contributed by atoms with Gasteiger partial charge in [0.1, 0.15) is 11.3 Å². The number of phenolic OH excluding ortho intramolecular Hbond substituents is 1. The van der Waals surface area contributed by atoms with Crippen LogP contribution in [0.15, 0.2) is 48.5 Å². The fourth-order valence-electron chi connectivity index (χ4n) is 2.56. The molecule has 27 heavy (non-hydrogen) atoms. The number of ether oxygens (including phenoxy) is 1. The van der Waals surface area contributed by atoms with Crippen molar-refractivity contribution in [3.8, 4) is 5.75 Å². The standard InChI is InChI=1S/C20H20N2O5/c1-12(23)21-15-9-10-17(24)16(11-15)20(26)27-18(13-5-3-2-4-6-13)19(25)22-14-7-8-14/h2-6,9-11,14,18,24H,7-8H2,1H3,(H,21,23)(H,22,25). The van der Waals surface area contributed by atoms with Crippen LogP contribution in [-0.4, -0.2) is 28.9 Å². The summed E-state index contributed by atoms with van der Waals surface area (Å²) in [6.07, 6.45) is 0.671. The zero-order valence-corrected chi connectivity index (χ0v) is 14.8. The number of amides is 2. The van der Waals surface area contributed by atoms with Gasteiger partial charge in [0.25, 0.3) is 5.91 Å². The van der Waals surface area contributed by atoms with E-state index < -0.39 is 18.0 Å². The van der Waals surface area contributed by atoms with Crippen LogP contribution in [0.25, 0.3) is 0 Å². The molecule has 1 atom stereocenters. The summed E-state index contributed by atoms with van der Waals surface area (Å²) in [5, 5.41) is 15.4. The van der Waals surface area contributed by atoms with Crippen molar-refractivity contribution in [1.29, 1.82) is 0 Å². The molecule has 140 valence electrons. The van der Waals surface area contributed by atoms with Gasteiger partial charge in [-0.1, -0.05) is 30.3 Å². The SMILES string of the molecule is CC(=O)Nc1ccc(O)c(C(=O)OC(C(=O)NC2CC2)c2ccccc2)c1. The number of hydrogen-bond acceptors (Lipinski definition) is 5. The van der Waals surface area contributed by atoms with E-state index in [1.54, 1.807) is 30.3 Å². The van der Waals surface area contributed by atoms with Crippen molar-refractivity contribution in [3.05, 3.63) is 59.7 Å². The number of esters is 1. The van der Waals surface area contributed by atoms with E-state index in [0.717, 1.165) is 12.8 Å². The molecule has 0 bridgehead atoms. The summed E-state index contributed by atoms with van der Waals surface area (Å²) < 4.78 is 5.43. The number of carbonyl (C=O) groups is 3. The molecule has 0 aliphatic heterocycles. The lowest BCUT2D eigenvalue weighted by atomic mass is 10.1. The van der Waals surface area contributed by atoms with Gasteiger partial charge in [-0.3, -0.25) is 9.59 Å². The van der Waals surface area contributed by atoms with E-state index in [1.165, 1.54) is 25.1 Å². The maximum atomic E-state index is 12.6. The molecule has 0 saturated heterocycles. The topological polar surface area (TPSA) is 105 Å². The molecule has 1 aliphatic carbocycles. The molecule has 3 rings (SSSR count). The number of aromatic hydroxyl groups is 1. The van der Waals surface area contributed by atoms with Gasteiger partial charge < -0.3 is 20.5 Å². The van der Waals surface area contributed by atoms with Crippen LogP contribution >= 0.6 is 0 Å². The number of phenols is 1. The predicted molar refractivity (Wildman–Crippen MR) is 98.2 cm³/mol. The Kier molecular flexibility index (Phi) is 5.40. The van der Waals surface area contributed by atoms with Gasteiger partial charge in [-0.2, -0.15) is 0 Å². The molecule has 1 saturated carbocycles. The fraction of sp³-hybridized carbons (Fsp3) is 0.250. The van der Waals surface area contributed by atoms with Crippen LogP contribution in [0.2, 0.25) is 0 Å². The summed E-state index contributed by atoms with van der Waals surface area (Å²) in [7, 11) is 0. The third-order valence-corrected chi connectivity index (χ3v) is 4.03. The molecule has 1 fully saturated rings. The lowest BCUT2D eigenvalue weighted by molar-refractivity contribution is -0.130. The number of rotatable bonds is 6. The van der Waals surface area contributed by atoms with E-state index in [-0.39, 0.29) is 23.3 Å². The molecule has 0 spiro atoms. The quantitative estimate of drug-likeness (QED) is 0.537. The number of hydrogen-bond donors (Lipinski definition) is 3. The van der Waals surface area contributed by atoms with Gasteiger partial charge in [-0.15, -0.1) is 0 Å². The van der Waals surface area contributed by atoms with Crippen LogP contribution in [0.5, 0.6) is 5.75 Å². The third-order valence-electron chi connectivity index (χ3n) is 4.03. The monoisotopic (exact) mass is 368 g/mol. The molecule has 0 aromatic heterocycles. The minimum Gasteiger partial charge on any atom is -0.507 e. The highest BCUT2D eigenvalue weighted by Crippen LogP contribution is 2.27. The van der Waals surface area contributed by atoms with Crippen molar-refractivity contribution in [2.75, 3.05) is 5.32 Å². The van der Waals surface area contributed by atoms with Crippen molar-refractivity contribution in [1.82, 2.24) is 5.32 Å². The van der Waals surface area contributed by atoms with Gasteiger partial charge in [-0.25, -0.2) is 4.79 Å². The van der Waals surface area contributed by atoms with Gasteiger partial charge in [0.2, 0.25) is 12.0 Å². The third kappa shape index (κ3) is 4.84. The van der Waals surface area contributed by atoms with Crippen molar-refractivity contribution >= 4 is 23.5 Å². The first-order valence-electron chi connectivity index (χ1n) is 8.61. The Morgan fingerprint density at radius 2 is 1.81 bits per heavy atom. The molecule has 0 heterocycles. The minimum atomic E-state index is -1.14. The van der Waals surface area contributed by atoms with Crippen molar-refractivity contribution in [3.63, 3.8) is 0 Å². The highest BCUT2D eigenvalue weighted by Gasteiger charge is 2.31. The largest absolute Gasteiger partial charge is 0.507 e. The Balaban J connectivity index is 1.83. The van der Waals surface area contributed by atoms with E-state index >= 15 is 0 Å². The second-order valence-electron chi connectivity index (χ2n) is 6.39. The summed E-state index contributed by atoms with van der Waals surface area (Å²) in [6, 6.07) is 12.8. The van der Waals surface area contributed by atoms with E-state index in [0.29, 0.717) is 11.3 Å². The lowest BCUT2D eigenvalue weighted by Crippen LogP contribution is -2.33. The van der Waals surface area contributed by atoms with Gasteiger partial charge in [0.05, 0.1) is 0 Å². The average Bonchev–Trinajstić information content (AvgIpc) is 3.45. The van der Waals surface area contributed by atoms with Crippen molar-refractivity contribution in [2.24, 2.45) is 0 Å². The average molecular weight is 368 g/mol. The zero-order valence-electron chi connectivity index (χ0n) is 14.8. The van der Waals surface area contributed by atoms with Crippen molar-refractivity contribution in [2.45, 2.75) is 31.9 Å². The minimum absolute atomic E-state index is 0.110. The Hall–Kier alpha value is -3.35. The normalized spacial score (nSPS) is 14.1. The maximum absolute atomic E-state index is 12.6. The number of benzene rings is 2. The second kappa shape index (κ2) is 7.90. The van der Waals surface area contributed by atoms with Gasteiger partial charge in [0.15, 0.2) is 0 Å². The molecule has 2 aromatic rings. The van der Waals surface area contributed by atoms with E-state index in [4.69, 9.17) is 4.74 Å². The fourth-order valence-corrected chi connectivity index (χ4v) is 2.56. The Labute approximate surface area is 156 Å². The molecule has 2 aromatic carbocycles. The first-order valence-corrected chi connectivity index (χ1v) is 8.61. The van der Waals surface area contributed by atoms with E-state index in [1.807, 2.05) is 0 Å². The van der Waals surface area contributed by atoms with E-state index in [2.05, 4.69) is 10.6 Å². The first-order chi connectivity index (χ1) is 12.9. The summed E-state index contributed by atoms with van der Waals surface area (Å²) in [5.74, 6) is -1.89. The first kappa shape index (κ1) is 18.4. The van der Waals surface area contributed by atoms with Crippen LogP contribution in [0.3, 0.4) is 0 Å². The highest BCUT2D eigenvalue weighted by molar-refractivity contribution is 5.97. The lowest BCUT2D eigenvalue weighted by Gasteiger charge is -2.18. The molecular formula is C20H20N2O5. The highest BCUT2D eigenvalue weighted by atomic mass is 16.5. The maximum Gasteiger partial charge on any atom is 0.343 e. The summed E-state index contributed by atoms with van der Waals surface area (Å²) in [4.78, 5) is 36.4. The predicted octanol–water partition coefficient (Wildman–Crippen LogP) is 2.53. The summed E-state index contributed by atoms with van der Waals surface area (Å²) in [6.45, 7) is 1.33. The molecule has 2 amide bonds. The van der Waals surface area contributed by atoms with Gasteiger partial charge in [-0.05, 0) is 31.0 Å². The molecule has 1 unspecified atom stereocenters. The summed E-state index contributed by atoms with van der Waals surface area (Å²) in [5.41, 5.74) is 0.730. The van der Waals surface area contributed by atoms with Crippen LogP contribution in [0.4, 0.5) is 5.69 Å². The van der Waals surface area contributed by atoms with Crippen LogP contribution in [0, 0.1) is 0 Å². The van der Waals surface area contributed by atoms with Crippen LogP contribution in [-0.2, 0) is 14.3 Å². The summed E-state index contributed by atoms with van der Waals surface area (Å²) >= 11 is 0. The smallest absolute Gasteiger partial charge is 0.343 e. The molecule has 3 N–H and O–H groups in total. The number of anilines is 1. The second-order valence-corrected chi connectivity index (χ2v) is 6.39. The van der Waals surface area contributed by atoms with Crippen LogP contribution < -0.4 is 10.6 Å². The van der Waals surface area contributed by atoms with E-state index in [9.17, 15) is 19.5 Å². The van der Waals surface area contributed by atoms with Crippen molar-refractivity contribution < 1.29 is 24.2 Å². The number of nitrogens with one attached hydrogen (secondary N) is 2. The zero-order chi connectivity index (χ0) is 19.4. The molecule has 1 aliphatic rings. The Bertz CT molecular complexity index is 862. The van der Waals surface area contributed by atoms with Gasteiger partial charge >= 0.3 is 5.97 Å². The molecule has 0 radical (unpaired) electrons. The molecular weight excluding hydrogens is 348 g/mol. The number of carbonyl (C=O) groups excluding carboxylic acids is 3. The van der Waals surface area contributed by atoms with Crippen LogP contribution in [0.1, 0.15) is 41.8 Å². The Morgan fingerprint density at radius 1 is 1.11 bits per heavy atom.